The maximum Gasteiger partial charge on any atom is 0.339 e. The number of benzene rings is 2. The van der Waals surface area contributed by atoms with Gasteiger partial charge in [0, 0.05) is 11.4 Å². The van der Waals surface area contributed by atoms with Gasteiger partial charge in [-0.05, 0) is 49.2 Å². The minimum Gasteiger partial charge on any atom is -0.465 e. The first-order valence-corrected chi connectivity index (χ1v) is 7.29. The molecule has 0 spiro atoms. The van der Waals surface area contributed by atoms with Crippen LogP contribution in [0, 0.1) is 13.8 Å². The molecule has 0 radical (unpaired) electrons. The van der Waals surface area contributed by atoms with Crippen molar-refractivity contribution >= 4 is 23.3 Å². The van der Waals surface area contributed by atoms with Crippen LogP contribution in [0.2, 0.25) is 0 Å². The Labute approximate surface area is 135 Å². The number of rotatable bonds is 5. The predicted octanol–water partition coefficient (Wildman–Crippen LogP) is 3.14. The molecule has 0 fully saturated rings. The molecule has 2 rings (SSSR count). The molecule has 2 N–H and O–H groups in total. The largest absolute Gasteiger partial charge is 0.465 e. The number of anilines is 2. The summed E-state index contributed by atoms with van der Waals surface area (Å²) < 4.78 is 4.72. The van der Waals surface area contributed by atoms with E-state index in [1.54, 1.807) is 24.3 Å². The van der Waals surface area contributed by atoms with Crippen LogP contribution in [0.1, 0.15) is 21.5 Å². The smallest absolute Gasteiger partial charge is 0.339 e. The Kier molecular flexibility index (Phi) is 5.36. The molecule has 0 heterocycles. The SMILES string of the molecule is COC(=O)c1ccccc1NCC(=O)Nc1ccc(C)c(C)c1. The van der Waals surface area contributed by atoms with Crippen molar-refractivity contribution in [3.8, 4) is 0 Å². The van der Waals surface area contributed by atoms with Gasteiger partial charge in [-0.2, -0.15) is 0 Å². The lowest BCUT2D eigenvalue weighted by Crippen LogP contribution is -2.22. The third-order valence-electron chi connectivity index (χ3n) is 3.56. The van der Waals surface area contributed by atoms with Crippen LogP contribution in [0.3, 0.4) is 0 Å². The zero-order valence-electron chi connectivity index (χ0n) is 13.5. The Morgan fingerprint density at radius 3 is 2.48 bits per heavy atom. The van der Waals surface area contributed by atoms with Gasteiger partial charge in [0.1, 0.15) is 0 Å². The molecule has 0 atom stereocenters. The van der Waals surface area contributed by atoms with E-state index in [0.29, 0.717) is 11.3 Å². The number of carbonyl (C=O) groups excluding carboxylic acids is 2. The van der Waals surface area contributed by atoms with E-state index in [9.17, 15) is 9.59 Å². The van der Waals surface area contributed by atoms with Crippen LogP contribution in [0.4, 0.5) is 11.4 Å². The van der Waals surface area contributed by atoms with E-state index in [2.05, 4.69) is 10.6 Å². The van der Waals surface area contributed by atoms with E-state index < -0.39 is 5.97 Å². The number of nitrogens with one attached hydrogen (secondary N) is 2. The zero-order chi connectivity index (χ0) is 16.8. The quantitative estimate of drug-likeness (QED) is 0.832. The Balaban J connectivity index is 1.99. The van der Waals surface area contributed by atoms with Gasteiger partial charge in [0.25, 0.3) is 0 Å². The monoisotopic (exact) mass is 312 g/mol. The number of carbonyl (C=O) groups is 2. The summed E-state index contributed by atoms with van der Waals surface area (Å²) in [5.41, 5.74) is 4.00. The molecule has 0 saturated carbocycles. The van der Waals surface area contributed by atoms with Crippen LogP contribution in [-0.2, 0) is 9.53 Å². The van der Waals surface area contributed by atoms with Crippen LogP contribution in [0.25, 0.3) is 0 Å². The molecule has 0 aliphatic rings. The van der Waals surface area contributed by atoms with Crippen LogP contribution in [0.5, 0.6) is 0 Å². The van der Waals surface area contributed by atoms with Gasteiger partial charge in [-0.25, -0.2) is 4.79 Å². The Morgan fingerprint density at radius 2 is 1.78 bits per heavy atom. The molecular weight excluding hydrogens is 292 g/mol. The normalized spacial score (nSPS) is 10.0. The van der Waals surface area contributed by atoms with Gasteiger partial charge in [-0.1, -0.05) is 18.2 Å². The molecule has 0 aliphatic carbocycles. The van der Waals surface area contributed by atoms with Crippen molar-refractivity contribution in [1.29, 1.82) is 0 Å². The van der Waals surface area contributed by atoms with Crippen molar-refractivity contribution in [3.63, 3.8) is 0 Å². The van der Waals surface area contributed by atoms with E-state index in [1.807, 2.05) is 32.0 Å². The topological polar surface area (TPSA) is 67.4 Å². The van der Waals surface area contributed by atoms with Gasteiger partial charge in [0.05, 0.1) is 19.2 Å². The van der Waals surface area contributed by atoms with Crippen molar-refractivity contribution in [2.75, 3.05) is 24.3 Å². The third-order valence-corrected chi connectivity index (χ3v) is 3.56. The number of esters is 1. The molecule has 23 heavy (non-hydrogen) atoms. The van der Waals surface area contributed by atoms with Gasteiger partial charge >= 0.3 is 5.97 Å². The van der Waals surface area contributed by atoms with Gasteiger partial charge in [0.15, 0.2) is 0 Å². The second-order valence-electron chi connectivity index (χ2n) is 5.24. The first-order chi connectivity index (χ1) is 11.0. The molecule has 0 aromatic heterocycles. The van der Waals surface area contributed by atoms with Gasteiger partial charge in [-0.15, -0.1) is 0 Å². The number of para-hydroxylation sites is 1. The van der Waals surface area contributed by atoms with Crippen molar-refractivity contribution in [2.24, 2.45) is 0 Å². The minimum atomic E-state index is -0.442. The van der Waals surface area contributed by atoms with Gasteiger partial charge < -0.3 is 15.4 Å². The first-order valence-electron chi connectivity index (χ1n) is 7.29. The molecule has 0 saturated heterocycles. The fourth-order valence-corrected chi connectivity index (χ4v) is 2.13. The molecule has 120 valence electrons. The van der Waals surface area contributed by atoms with Crippen LogP contribution >= 0.6 is 0 Å². The highest BCUT2D eigenvalue weighted by atomic mass is 16.5. The summed E-state index contributed by atoms with van der Waals surface area (Å²) in [4.78, 5) is 23.7. The molecular formula is C18H20N2O3. The van der Waals surface area contributed by atoms with Crippen molar-refractivity contribution in [1.82, 2.24) is 0 Å². The molecule has 2 aromatic carbocycles. The molecule has 0 aliphatic heterocycles. The summed E-state index contributed by atoms with van der Waals surface area (Å²) in [6.45, 7) is 4.07. The van der Waals surface area contributed by atoms with Crippen molar-refractivity contribution in [3.05, 3.63) is 59.2 Å². The fraction of sp³-hybridized carbons (Fsp3) is 0.222. The molecule has 2 aromatic rings. The fourth-order valence-electron chi connectivity index (χ4n) is 2.13. The molecule has 5 heteroatoms. The molecule has 0 bridgehead atoms. The second-order valence-corrected chi connectivity index (χ2v) is 5.24. The second kappa shape index (κ2) is 7.45. The Morgan fingerprint density at radius 1 is 1.04 bits per heavy atom. The first kappa shape index (κ1) is 16.5. The summed E-state index contributed by atoms with van der Waals surface area (Å²) in [6.07, 6.45) is 0. The van der Waals surface area contributed by atoms with E-state index in [4.69, 9.17) is 4.74 Å². The summed E-state index contributed by atoms with van der Waals surface area (Å²) >= 11 is 0. The molecule has 0 unspecified atom stereocenters. The maximum atomic E-state index is 12.0. The summed E-state index contributed by atoms with van der Waals surface area (Å²) in [5.74, 6) is -0.629. The number of hydrogen-bond donors (Lipinski definition) is 2. The van der Waals surface area contributed by atoms with Gasteiger partial charge in [-0.3, -0.25) is 4.79 Å². The lowest BCUT2D eigenvalue weighted by Gasteiger charge is -2.11. The minimum absolute atomic E-state index is 0.0565. The maximum absolute atomic E-state index is 12.0. The predicted molar refractivity (Wildman–Crippen MR) is 90.8 cm³/mol. The van der Waals surface area contributed by atoms with Gasteiger partial charge in [0.2, 0.25) is 5.91 Å². The Bertz CT molecular complexity index is 726. The van der Waals surface area contributed by atoms with Crippen molar-refractivity contribution in [2.45, 2.75) is 13.8 Å². The summed E-state index contributed by atoms with van der Waals surface area (Å²) in [5, 5.41) is 5.79. The van der Waals surface area contributed by atoms with E-state index in [0.717, 1.165) is 11.3 Å². The highest BCUT2D eigenvalue weighted by Crippen LogP contribution is 2.16. The average Bonchev–Trinajstić information content (AvgIpc) is 2.56. The van der Waals surface area contributed by atoms with Crippen LogP contribution < -0.4 is 10.6 Å². The number of amides is 1. The van der Waals surface area contributed by atoms with E-state index in [-0.39, 0.29) is 12.5 Å². The number of ether oxygens (including phenoxy) is 1. The van der Waals surface area contributed by atoms with E-state index >= 15 is 0 Å². The standard InChI is InChI=1S/C18H20N2O3/c1-12-8-9-14(10-13(12)2)20-17(21)11-19-16-7-5-4-6-15(16)18(22)23-3/h4-10,19H,11H2,1-3H3,(H,20,21). The van der Waals surface area contributed by atoms with Crippen LogP contribution in [0.15, 0.2) is 42.5 Å². The molecule has 5 nitrogen and oxygen atoms in total. The lowest BCUT2D eigenvalue weighted by molar-refractivity contribution is -0.114. The molecule has 1 amide bonds. The average molecular weight is 312 g/mol. The summed E-state index contributed by atoms with van der Waals surface area (Å²) in [6, 6.07) is 12.7. The highest BCUT2D eigenvalue weighted by molar-refractivity contribution is 5.98. The lowest BCUT2D eigenvalue weighted by atomic mass is 10.1. The number of methoxy groups -OCH3 is 1. The van der Waals surface area contributed by atoms with Crippen LogP contribution in [-0.4, -0.2) is 25.5 Å². The third kappa shape index (κ3) is 4.32. The van der Waals surface area contributed by atoms with Crippen molar-refractivity contribution < 1.29 is 14.3 Å². The number of hydrogen-bond acceptors (Lipinski definition) is 4. The number of aryl methyl sites for hydroxylation is 2. The summed E-state index contributed by atoms with van der Waals surface area (Å²) in [7, 11) is 1.32. The Hall–Kier alpha value is -2.82. The zero-order valence-corrected chi connectivity index (χ0v) is 13.5. The highest BCUT2D eigenvalue weighted by Gasteiger charge is 2.11. The van der Waals surface area contributed by atoms with E-state index in [1.165, 1.54) is 12.7 Å².